The number of piperidine rings is 1. The molecule has 204 valence electrons. The molecule has 0 aliphatic carbocycles. The molecule has 1 fully saturated rings. The van der Waals surface area contributed by atoms with Crippen molar-refractivity contribution in [3.8, 4) is 5.75 Å². The number of likely N-dealkylation sites (tertiary alicyclic amines) is 1. The Balaban J connectivity index is 1.87. The number of halogens is 2. The highest BCUT2D eigenvalue weighted by Crippen LogP contribution is 2.31. The van der Waals surface area contributed by atoms with Crippen LogP contribution < -0.4 is 10.1 Å². The Bertz CT molecular complexity index is 1160. The average molecular weight is 538 g/mol. The fourth-order valence-electron chi connectivity index (χ4n) is 4.48. The minimum atomic E-state index is -0.390. The molecule has 0 atom stereocenters. The molecule has 0 saturated carbocycles. The van der Waals surface area contributed by atoms with Crippen LogP contribution >= 0.6 is 11.6 Å². The Morgan fingerprint density at radius 2 is 1.82 bits per heavy atom. The van der Waals surface area contributed by atoms with Crippen molar-refractivity contribution in [2.45, 2.75) is 65.9 Å². The number of nitrogens with one attached hydrogen (secondary N) is 1. The van der Waals surface area contributed by atoms with Crippen LogP contribution in [0, 0.1) is 5.82 Å². The van der Waals surface area contributed by atoms with E-state index in [1.807, 2.05) is 13.1 Å². The van der Waals surface area contributed by atoms with Crippen LogP contribution in [0.3, 0.4) is 0 Å². The number of unbranched alkanes of at least 4 members (excludes halogenated alkanes) is 1. The van der Waals surface area contributed by atoms with E-state index >= 15 is 0 Å². The van der Waals surface area contributed by atoms with Crippen molar-refractivity contribution >= 4 is 28.7 Å². The zero-order valence-electron chi connectivity index (χ0n) is 23.4. The van der Waals surface area contributed by atoms with Crippen LogP contribution in [0.25, 0.3) is 5.57 Å². The molecule has 2 aromatic carbocycles. The fourth-order valence-corrected chi connectivity index (χ4v) is 4.70. The van der Waals surface area contributed by atoms with Gasteiger partial charge in [0, 0.05) is 35.6 Å². The third-order valence-electron chi connectivity index (χ3n) is 6.57. The van der Waals surface area contributed by atoms with E-state index in [1.165, 1.54) is 17.7 Å². The number of allylic oxidation sites excluding steroid dienone is 5. The Morgan fingerprint density at radius 1 is 1.11 bits per heavy atom. The highest BCUT2D eigenvalue weighted by Gasteiger charge is 2.18. The van der Waals surface area contributed by atoms with E-state index in [0.717, 1.165) is 67.7 Å². The van der Waals surface area contributed by atoms with Gasteiger partial charge in [0.2, 0.25) is 0 Å². The molecular formula is C32H41ClFN3O. The first-order valence-corrected chi connectivity index (χ1v) is 14.0. The summed E-state index contributed by atoms with van der Waals surface area (Å²) in [6, 6.07) is 12.8. The SMILES string of the molecule is CC\C=C(C(=C/N=C(C)Nc1cc(F)cc(Cl)c1)/C(C)=C/CCC)\c1ccc(OC2CCN(C)CC2)cc1. The molecule has 0 aromatic heterocycles. The molecule has 1 aliphatic heterocycles. The maximum Gasteiger partial charge on any atom is 0.126 e. The van der Waals surface area contributed by atoms with Gasteiger partial charge in [0.05, 0.1) is 0 Å². The second kappa shape index (κ2) is 14.9. The average Bonchev–Trinajstić information content (AvgIpc) is 2.88. The first-order valence-electron chi connectivity index (χ1n) is 13.6. The second-order valence-electron chi connectivity index (χ2n) is 9.89. The lowest BCUT2D eigenvalue weighted by Crippen LogP contribution is -2.35. The highest BCUT2D eigenvalue weighted by atomic mass is 35.5. The van der Waals surface area contributed by atoms with E-state index in [9.17, 15) is 4.39 Å². The normalized spacial score (nSPS) is 16.6. The number of ether oxygens (including phenoxy) is 1. The zero-order chi connectivity index (χ0) is 27.5. The molecule has 2 aromatic rings. The minimum Gasteiger partial charge on any atom is -0.490 e. The maximum absolute atomic E-state index is 13.8. The van der Waals surface area contributed by atoms with Crippen LogP contribution in [0.2, 0.25) is 5.02 Å². The van der Waals surface area contributed by atoms with Gasteiger partial charge in [-0.25, -0.2) is 9.38 Å². The summed E-state index contributed by atoms with van der Waals surface area (Å²) in [4.78, 5) is 7.05. The van der Waals surface area contributed by atoms with Crippen molar-refractivity contribution in [1.82, 2.24) is 4.90 Å². The maximum atomic E-state index is 13.8. The number of hydrogen-bond donors (Lipinski definition) is 1. The number of nitrogens with zero attached hydrogens (tertiary/aromatic N) is 2. The lowest BCUT2D eigenvalue weighted by atomic mass is 9.92. The Hall–Kier alpha value is -2.89. The molecule has 6 heteroatoms. The van der Waals surface area contributed by atoms with E-state index in [-0.39, 0.29) is 6.10 Å². The lowest BCUT2D eigenvalue weighted by molar-refractivity contribution is 0.114. The van der Waals surface area contributed by atoms with Gasteiger partial charge in [-0.2, -0.15) is 0 Å². The molecule has 0 spiro atoms. The number of rotatable bonds is 10. The summed E-state index contributed by atoms with van der Waals surface area (Å²) < 4.78 is 20.0. The first-order chi connectivity index (χ1) is 18.3. The van der Waals surface area contributed by atoms with Gasteiger partial charge < -0.3 is 15.0 Å². The predicted octanol–water partition coefficient (Wildman–Crippen LogP) is 8.91. The van der Waals surface area contributed by atoms with Gasteiger partial charge in [0.15, 0.2) is 0 Å². The van der Waals surface area contributed by atoms with Crippen LogP contribution in [0.1, 0.15) is 65.4 Å². The third-order valence-corrected chi connectivity index (χ3v) is 6.79. The predicted molar refractivity (Wildman–Crippen MR) is 161 cm³/mol. The van der Waals surface area contributed by atoms with Crippen molar-refractivity contribution in [3.05, 3.63) is 88.4 Å². The highest BCUT2D eigenvalue weighted by molar-refractivity contribution is 6.30. The van der Waals surface area contributed by atoms with Crippen LogP contribution in [0.15, 0.2) is 77.0 Å². The van der Waals surface area contributed by atoms with Crippen LogP contribution in [-0.2, 0) is 0 Å². The number of aliphatic imine (C=N–C) groups is 1. The second-order valence-corrected chi connectivity index (χ2v) is 10.3. The molecule has 1 saturated heterocycles. The Labute approximate surface area is 233 Å². The largest absolute Gasteiger partial charge is 0.490 e. The number of hydrogen-bond acceptors (Lipinski definition) is 3. The zero-order valence-corrected chi connectivity index (χ0v) is 24.1. The molecule has 4 nitrogen and oxygen atoms in total. The van der Waals surface area contributed by atoms with Crippen molar-refractivity contribution in [2.24, 2.45) is 4.99 Å². The van der Waals surface area contributed by atoms with Gasteiger partial charge in [0.25, 0.3) is 0 Å². The van der Waals surface area contributed by atoms with E-state index in [2.05, 4.69) is 74.5 Å². The topological polar surface area (TPSA) is 36.9 Å². The van der Waals surface area contributed by atoms with Gasteiger partial charge >= 0.3 is 0 Å². The molecule has 0 unspecified atom stereocenters. The number of anilines is 1. The quantitative estimate of drug-likeness (QED) is 0.187. The Morgan fingerprint density at radius 3 is 2.45 bits per heavy atom. The lowest BCUT2D eigenvalue weighted by Gasteiger charge is -2.29. The smallest absolute Gasteiger partial charge is 0.126 e. The Kier molecular flexibility index (Phi) is 11.6. The summed E-state index contributed by atoms with van der Waals surface area (Å²) in [5.41, 5.74) is 5.05. The van der Waals surface area contributed by atoms with Gasteiger partial charge in [-0.1, -0.05) is 56.2 Å². The van der Waals surface area contributed by atoms with E-state index in [0.29, 0.717) is 16.5 Å². The molecule has 1 aliphatic rings. The molecule has 1 heterocycles. The summed E-state index contributed by atoms with van der Waals surface area (Å²) >= 11 is 6.01. The molecule has 38 heavy (non-hydrogen) atoms. The van der Waals surface area contributed by atoms with Crippen molar-refractivity contribution in [3.63, 3.8) is 0 Å². The summed E-state index contributed by atoms with van der Waals surface area (Å²) in [6.45, 7) is 10.5. The molecule has 0 bridgehead atoms. The van der Waals surface area contributed by atoms with Crippen LogP contribution in [0.5, 0.6) is 5.75 Å². The minimum absolute atomic E-state index is 0.273. The third kappa shape index (κ3) is 9.14. The summed E-state index contributed by atoms with van der Waals surface area (Å²) in [5, 5.41) is 3.48. The van der Waals surface area contributed by atoms with E-state index in [4.69, 9.17) is 21.3 Å². The molecular weight excluding hydrogens is 497 g/mol. The van der Waals surface area contributed by atoms with Crippen LogP contribution in [-0.4, -0.2) is 37.0 Å². The van der Waals surface area contributed by atoms with Gasteiger partial charge in [-0.3, -0.25) is 0 Å². The fraction of sp³-hybridized carbons (Fsp3) is 0.406. The number of benzene rings is 2. The first kappa shape index (κ1) is 29.7. The van der Waals surface area contributed by atoms with Gasteiger partial charge in [-0.05, 0) is 93.6 Å². The van der Waals surface area contributed by atoms with Crippen molar-refractivity contribution in [2.75, 3.05) is 25.5 Å². The molecule has 0 amide bonds. The molecule has 1 N–H and O–H groups in total. The monoisotopic (exact) mass is 537 g/mol. The van der Waals surface area contributed by atoms with Gasteiger partial charge in [-0.15, -0.1) is 0 Å². The standard InChI is InChI=1S/C32H41ClFN3O/c1-6-8-10-23(3)32(22-35-24(4)36-28-20-26(33)19-27(34)21-28)31(9-7-2)25-11-13-29(14-12-25)38-30-15-17-37(5)18-16-30/h9-14,19-22,30H,6-8,15-18H2,1-5H3,(H,35,36)/b23-10+,31-9-,32-22+. The van der Waals surface area contributed by atoms with Crippen LogP contribution in [0.4, 0.5) is 10.1 Å². The van der Waals surface area contributed by atoms with E-state index < -0.39 is 5.82 Å². The number of amidine groups is 1. The summed E-state index contributed by atoms with van der Waals surface area (Å²) in [6.07, 6.45) is 11.7. The summed E-state index contributed by atoms with van der Waals surface area (Å²) in [7, 11) is 2.16. The van der Waals surface area contributed by atoms with Crippen molar-refractivity contribution < 1.29 is 9.13 Å². The van der Waals surface area contributed by atoms with Gasteiger partial charge in [0.1, 0.15) is 23.5 Å². The summed E-state index contributed by atoms with van der Waals surface area (Å²) in [5.74, 6) is 1.17. The van der Waals surface area contributed by atoms with Crippen molar-refractivity contribution in [1.29, 1.82) is 0 Å². The van der Waals surface area contributed by atoms with E-state index in [1.54, 1.807) is 6.07 Å². The molecule has 3 rings (SSSR count). The molecule has 0 radical (unpaired) electrons.